The molecule has 1 aromatic carbocycles. The van der Waals surface area contributed by atoms with Crippen molar-refractivity contribution < 1.29 is 11.6 Å². The molecule has 0 aliphatic heterocycles. The second kappa shape index (κ2) is 8.04. The zero-order chi connectivity index (χ0) is 24.7. The highest BCUT2D eigenvalue weighted by Crippen LogP contribution is 2.28. The second-order valence-electron chi connectivity index (χ2n) is 7.06. The van der Waals surface area contributed by atoms with Gasteiger partial charge >= 0.3 is 0 Å². The first-order valence-electron chi connectivity index (χ1n) is 11.9. The zero-order valence-electron chi connectivity index (χ0n) is 20.7. The van der Waals surface area contributed by atoms with E-state index in [-0.39, 0.29) is 29.5 Å². The maximum absolute atomic E-state index is 12.0. The van der Waals surface area contributed by atoms with Gasteiger partial charge in [-0.3, -0.25) is 4.79 Å². The molecule has 1 saturated carbocycles. The van der Waals surface area contributed by atoms with Gasteiger partial charge in [-0.1, -0.05) is 18.9 Å². The van der Waals surface area contributed by atoms with Crippen molar-refractivity contribution in [3.05, 3.63) is 36.2 Å². The van der Waals surface area contributed by atoms with Crippen LogP contribution < -0.4 is 22.1 Å². The predicted molar refractivity (Wildman–Crippen MR) is 113 cm³/mol. The third-order valence-electron chi connectivity index (χ3n) is 5.16. The molecule has 1 amide bonds. The van der Waals surface area contributed by atoms with Crippen LogP contribution in [0, 0.1) is 0 Å². The summed E-state index contributed by atoms with van der Waals surface area (Å²) >= 11 is 0. The number of nitrogens with zero attached hydrogens (tertiary/aromatic N) is 4. The lowest BCUT2D eigenvalue weighted by atomic mass is 9.91. The number of carbonyl (C=O) groups is 1. The Balaban J connectivity index is 1.70. The minimum absolute atomic E-state index is 0.0255. The third kappa shape index (κ3) is 3.86. The number of aryl methyl sites for hydroxylation is 1. The Morgan fingerprint density at radius 2 is 2.21 bits per heavy atom. The highest BCUT2D eigenvalue weighted by Gasteiger charge is 2.23. The van der Waals surface area contributed by atoms with E-state index in [1.54, 1.807) is 24.3 Å². The summed E-state index contributed by atoms with van der Waals surface area (Å²) in [5.41, 5.74) is 12.3. The van der Waals surface area contributed by atoms with Crippen LogP contribution in [0.15, 0.2) is 30.5 Å². The van der Waals surface area contributed by atoms with Crippen LogP contribution in [-0.2, 0) is 6.50 Å². The van der Waals surface area contributed by atoms with Crippen LogP contribution >= 0.6 is 0 Å². The second-order valence-corrected chi connectivity index (χ2v) is 7.06. The third-order valence-corrected chi connectivity index (χ3v) is 5.16. The summed E-state index contributed by atoms with van der Waals surface area (Å²) in [5.74, 6) is -0.571. The van der Waals surface area contributed by atoms with Gasteiger partial charge in [0, 0.05) is 42.7 Å². The molecule has 0 bridgehead atoms. The van der Waals surface area contributed by atoms with E-state index in [4.69, 9.17) is 18.3 Å². The maximum Gasteiger partial charge on any atom is 0.273 e. The largest absolute Gasteiger partial charge is 0.364 e. The molecular formula is C20H26N8O. The standard InChI is InChI=1S/C20H26N8O/c1-2-28-11-10-12-14(8-5-9-16(12)28)23-19-17(18(22)29)26-27-20(25-19)24-15-7-4-3-6-13(15)21/h5,8-11,13,15H,2-4,6-7,21H2,1H3,(H2,22,29)(H2,23,24,25,27)/t13-,15+/m0/s1/i1D3,2D2. The highest BCUT2D eigenvalue weighted by atomic mass is 16.1. The number of primary amides is 1. The van der Waals surface area contributed by atoms with E-state index < -0.39 is 19.3 Å². The van der Waals surface area contributed by atoms with Gasteiger partial charge in [-0.15, -0.1) is 10.2 Å². The molecule has 0 radical (unpaired) electrons. The molecule has 4 rings (SSSR count). The molecule has 0 saturated heterocycles. The van der Waals surface area contributed by atoms with Crippen LogP contribution in [-0.4, -0.2) is 37.7 Å². The van der Waals surface area contributed by atoms with Crippen LogP contribution in [0.4, 0.5) is 17.5 Å². The number of hydrogen-bond acceptors (Lipinski definition) is 7. The van der Waals surface area contributed by atoms with Gasteiger partial charge in [-0.05, 0) is 37.9 Å². The Hall–Kier alpha value is -3.20. The van der Waals surface area contributed by atoms with E-state index in [1.165, 1.54) is 6.20 Å². The van der Waals surface area contributed by atoms with Gasteiger partial charge in [-0.2, -0.15) is 4.98 Å². The van der Waals surface area contributed by atoms with Crippen molar-refractivity contribution in [3.63, 3.8) is 0 Å². The number of amides is 1. The fourth-order valence-electron chi connectivity index (χ4n) is 3.65. The first-order chi connectivity index (χ1) is 16.0. The van der Waals surface area contributed by atoms with Gasteiger partial charge in [0.25, 0.3) is 5.91 Å². The Labute approximate surface area is 175 Å². The van der Waals surface area contributed by atoms with Crippen molar-refractivity contribution in [2.45, 2.75) is 51.1 Å². The minimum Gasteiger partial charge on any atom is -0.364 e. The molecule has 9 heteroatoms. The SMILES string of the molecule is [2H]C([2H])([2H])C([2H])([2H])n1ccc2c(Nc3nc(N[C@@H]4CCCC[C@@H]4N)nnc3C(N)=O)cccc21. The van der Waals surface area contributed by atoms with Gasteiger partial charge in [-0.25, -0.2) is 0 Å². The summed E-state index contributed by atoms with van der Waals surface area (Å²) in [4.78, 5) is 16.4. The summed E-state index contributed by atoms with van der Waals surface area (Å²) in [5, 5.41) is 14.6. The topological polar surface area (TPSA) is 137 Å². The molecule has 1 fully saturated rings. The van der Waals surface area contributed by atoms with Gasteiger partial charge in [0.15, 0.2) is 11.5 Å². The van der Waals surface area contributed by atoms with E-state index in [9.17, 15) is 4.79 Å². The summed E-state index contributed by atoms with van der Waals surface area (Å²) < 4.78 is 40.0. The van der Waals surface area contributed by atoms with E-state index in [0.29, 0.717) is 16.6 Å². The quantitative estimate of drug-likeness (QED) is 0.499. The fourth-order valence-corrected chi connectivity index (χ4v) is 3.65. The smallest absolute Gasteiger partial charge is 0.273 e. The van der Waals surface area contributed by atoms with Crippen LogP contribution in [0.1, 0.15) is 49.9 Å². The van der Waals surface area contributed by atoms with Gasteiger partial charge in [0.1, 0.15) is 0 Å². The molecule has 2 heterocycles. The lowest BCUT2D eigenvalue weighted by molar-refractivity contribution is 0.0995. The number of aromatic nitrogens is 4. The van der Waals surface area contributed by atoms with Crippen molar-refractivity contribution in [2.24, 2.45) is 11.5 Å². The van der Waals surface area contributed by atoms with Crippen molar-refractivity contribution in [2.75, 3.05) is 10.6 Å². The van der Waals surface area contributed by atoms with E-state index >= 15 is 0 Å². The average Bonchev–Trinajstić information content (AvgIpc) is 3.20. The van der Waals surface area contributed by atoms with Crippen LogP contribution in [0.3, 0.4) is 0 Å². The number of benzene rings is 1. The number of anilines is 3. The fraction of sp³-hybridized carbons (Fsp3) is 0.400. The van der Waals surface area contributed by atoms with Crippen LogP contribution in [0.2, 0.25) is 0 Å². The summed E-state index contributed by atoms with van der Waals surface area (Å²) in [6, 6.07) is 6.44. The summed E-state index contributed by atoms with van der Waals surface area (Å²) in [6.45, 7) is -5.50. The van der Waals surface area contributed by atoms with E-state index in [0.717, 1.165) is 30.3 Å². The van der Waals surface area contributed by atoms with Gasteiger partial charge < -0.3 is 26.7 Å². The molecule has 2 atom stereocenters. The molecule has 3 aromatic rings. The molecule has 9 nitrogen and oxygen atoms in total. The first kappa shape index (κ1) is 13.9. The lowest BCUT2D eigenvalue weighted by Gasteiger charge is -2.29. The van der Waals surface area contributed by atoms with Crippen molar-refractivity contribution >= 4 is 34.3 Å². The van der Waals surface area contributed by atoms with E-state index in [1.807, 2.05) is 0 Å². The normalized spacial score (nSPS) is 22.7. The predicted octanol–water partition coefficient (Wildman–Crippen LogP) is 2.37. The Bertz CT molecular complexity index is 1210. The zero-order valence-corrected chi connectivity index (χ0v) is 15.7. The van der Waals surface area contributed by atoms with Crippen molar-refractivity contribution in [1.29, 1.82) is 0 Å². The molecule has 0 spiro atoms. The molecule has 0 unspecified atom stereocenters. The van der Waals surface area contributed by atoms with Crippen LogP contribution in [0.25, 0.3) is 10.9 Å². The minimum atomic E-state index is -2.88. The van der Waals surface area contributed by atoms with Crippen LogP contribution in [0.5, 0.6) is 0 Å². The highest BCUT2D eigenvalue weighted by molar-refractivity contribution is 5.99. The molecule has 29 heavy (non-hydrogen) atoms. The number of rotatable bonds is 6. The summed E-state index contributed by atoms with van der Waals surface area (Å²) in [6.07, 6.45) is 5.22. The number of fused-ring (bicyclic) bond motifs is 1. The molecular weight excluding hydrogens is 368 g/mol. The molecule has 1 aliphatic rings. The molecule has 1 aliphatic carbocycles. The Kier molecular flexibility index (Phi) is 3.85. The van der Waals surface area contributed by atoms with Gasteiger partial charge in [0.05, 0.1) is 5.52 Å². The molecule has 152 valence electrons. The molecule has 6 N–H and O–H groups in total. The Morgan fingerprint density at radius 3 is 3.00 bits per heavy atom. The molecule has 2 aromatic heterocycles. The van der Waals surface area contributed by atoms with Crippen molar-refractivity contribution in [1.82, 2.24) is 19.7 Å². The summed E-state index contributed by atoms with van der Waals surface area (Å²) in [7, 11) is 0. The Morgan fingerprint density at radius 1 is 1.34 bits per heavy atom. The lowest BCUT2D eigenvalue weighted by Crippen LogP contribution is -2.43. The van der Waals surface area contributed by atoms with Crippen molar-refractivity contribution in [3.8, 4) is 0 Å². The monoisotopic (exact) mass is 399 g/mol. The number of carbonyl (C=O) groups excluding carboxylic acids is 1. The number of hydrogen-bond donors (Lipinski definition) is 4. The average molecular weight is 400 g/mol. The first-order valence-corrected chi connectivity index (χ1v) is 9.43. The number of nitrogens with one attached hydrogen (secondary N) is 2. The van der Waals surface area contributed by atoms with Gasteiger partial charge in [0.2, 0.25) is 5.95 Å². The van der Waals surface area contributed by atoms with E-state index in [2.05, 4.69) is 25.8 Å². The maximum atomic E-state index is 12.0. The number of nitrogens with two attached hydrogens (primary N) is 2.